The number of carbonyl (C=O) groups is 2. The molecule has 8 nitrogen and oxygen atoms in total. The standard InChI is InChI=1S/C11H15N3O5/c15-9(16)6-19-7-1-3-14(4-2-7)10(17)8-5-12-11(18)13-8/h5,7H,1-4,6H2,(H,15,16)(H2,12,13,18). The molecule has 1 aromatic heterocycles. The van der Waals surface area contributed by atoms with Crippen LogP contribution in [0.3, 0.4) is 0 Å². The van der Waals surface area contributed by atoms with Gasteiger partial charge in [0, 0.05) is 19.3 Å². The predicted octanol–water partition coefficient (Wildman–Crippen LogP) is -0.591. The summed E-state index contributed by atoms with van der Waals surface area (Å²) in [6.45, 7) is 0.649. The van der Waals surface area contributed by atoms with E-state index < -0.39 is 11.7 Å². The maximum Gasteiger partial charge on any atom is 0.329 e. The number of aromatic nitrogens is 2. The second-order valence-corrected chi connectivity index (χ2v) is 4.35. The van der Waals surface area contributed by atoms with Crippen LogP contribution in [-0.2, 0) is 9.53 Å². The number of carboxylic acids is 1. The Morgan fingerprint density at radius 1 is 1.42 bits per heavy atom. The number of likely N-dealkylation sites (tertiary alicyclic amines) is 1. The molecule has 8 heteroatoms. The summed E-state index contributed by atoms with van der Waals surface area (Å²) in [5.74, 6) is -1.24. The second-order valence-electron chi connectivity index (χ2n) is 4.35. The number of amides is 1. The lowest BCUT2D eigenvalue weighted by atomic mass is 10.1. The Kier molecular flexibility index (Phi) is 4.00. The highest BCUT2D eigenvalue weighted by Crippen LogP contribution is 2.15. The highest BCUT2D eigenvalue weighted by Gasteiger charge is 2.25. The fourth-order valence-corrected chi connectivity index (χ4v) is 2.03. The van der Waals surface area contributed by atoms with Crippen molar-refractivity contribution in [1.82, 2.24) is 14.9 Å². The molecule has 19 heavy (non-hydrogen) atoms. The quantitative estimate of drug-likeness (QED) is 0.675. The summed E-state index contributed by atoms with van der Waals surface area (Å²) in [5.41, 5.74) is -0.182. The maximum absolute atomic E-state index is 12.0. The molecule has 1 aliphatic heterocycles. The molecule has 1 saturated heterocycles. The second kappa shape index (κ2) is 5.70. The number of H-pyrrole nitrogens is 2. The SMILES string of the molecule is O=C(O)COC1CCN(C(=O)c2c[nH]c(=O)[nH]2)CC1. The largest absolute Gasteiger partial charge is 0.480 e. The average molecular weight is 269 g/mol. The smallest absolute Gasteiger partial charge is 0.329 e. The van der Waals surface area contributed by atoms with Crippen LogP contribution in [0, 0.1) is 0 Å². The Morgan fingerprint density at radius 3 is 2.63 bits per heavy atom. The minimum Gasteiger partial charge on any atom is -0.480 e. The van der Waals surface area contributed by atoms with Gasteiger partial charge in [0.2, 0.25) is 0 Å². The molecule has 0 unspecified atom stereocenters. The number of hydrogen-bond acceptors (Lipinski definition) is 4. The number of aliphatic carboxylic acids is 1. The molecule has 1 fully saturated rings. The Bertz CT molecular complexity index is 512. The summed E-state index contributed by atoms with van der Waals surface area (Å²) in [6.07, 6.45) is 2.39. The fourth-order valence-electron chi connectivity index (χ4n) is 2.03. The summed E-state index contributed by atoms with van der Waals surface area (Å²) in [5, 5.41) is 8.51. The van der Waals surface area contributed by atoms with Gasteiger partial charge in [-0.05, 0) is 12.8 Å². The number of imidazole rings is 1. The van der Waals surface area contributed by atoms with Crippen molar-refractivity contribution in [2.45, 2.75) is 18.9 Å². The van der Waals surface area contributed by atoms with Crippen molar-refractivity contribution < 1.29 is 19.4 Å². The van der Waals surface area contributed by atoms with Crippen LogP contribution in [0.15, 0.2) is 11.0 Å². The molecule has 0 atom stereocenters. The zero-order valence-electron chi connectivity index (χ0n) is 10.2. The number of ether oxygens (including phenoxy) is 1. The molecule has 2 heterocycles. The van der Waals surface area contributed by atoms with Crippen molar-refractivity contribution in [1.29, 1.82) is 0 Å². The zero-order chi connectivity index (χ0) is 13.8. The number of nitrogens with one attached hydrogen (secondary N) is 2. The fraction of sp³-hybridized carbons (Fsp3) is 0.545. The summed E-state index contributed by atoms with van der Waals surface area (Å²) >= 11 is 0. The molecule has 0 bridgehead atoms. The molecular formula is C11H15N3O5. The molecule has 2 rings (SSSR count). The van der Waals surface area contributed by atoms with Gasteiger partial charge in [-0.15, -0.1) is 0 Å². The van der Waals surface area contributed by atoms with Crippen LogP contribution in [0.5, 0.6) is 0 Å². The normalized spacial score (nSPS) is 16.5. The van der Waals surface area contributed by atoms with E-state index in [2.05, 4.69) is 9.97 Å². The number of carbonyl (C=O) groups excluding carboxylic acids is 1. The van der Waals surface area contributed by atoms with E-state index in [1.807, 2.05) is 0 Å². The molecule has 0 aromatic carbocycles. The van der Waals surface area contributed by atoms with E-state index in [1.54, 1.807) is 4.90 Å². The molecule has 1 amide bonds. The number of rotatable bonds is 4. The van der Waals surface area contributed by atoms with Crippen LogP contribution < -0.4 is 5.69 Å². The lowest BCUT2D eigenvalue weighted by molar-refractivity contribution is -0.145. The van der Waals surface area contributed by atoms with Gasteiger partial charge in [0.1, 0.15) is 12.3 Å². The van der Waals surface area contributed by atoms with Crippen molar-refractivity contribution in [2.24, 2.45) is 0 Å². The molecule has 0 saturated carbocycles. The van der Waals surface area contributed by atoms with Gasteiger partial charge in [0.05, 0.1) is 6.10 Å². The van der Waals surface area contributed by atoms with E-state index >= 15 is 0 Å². The third kappa shape index (κ3) is 3.44. The molecule has 0 radical (unpaired) electrons. The first-order valence-corrected chi connectivity index (χ1v) is 5.96. The van der Waals surface area contributed by atoms with Crippen LogP contribution in [0.4, 0.5) is 0 Å². The van der Waals surface area contributed by atoms with Crippen LogP contribution >= 0.6 is 0 Å². The van der Waals surface area contributed by atoms with Gasteiger partial charge in [-0.25, -0.2) is 9.59 Å². The third-order valence-corrected chi connectivity index (χ3v) is 3.00. The Balaban J connectivity index is 1.84. The van der Waals surface area contributed by atoms with E-state index in [0.717, 1.165) is 0 Å². The highest BCUT2D eigenvalue weighted by atomic mass is 16.5. The third-order valence-electron chi connectivity index (χ3n) is 3.00. The van der Waals surface area contributed by atoms with Gasteiger partial charge in [-0.1, -0.05) is 0 Å². The molecule has 3 N–H and O–H groups in total. The van der Waals surface area contributed by atoms with Gasteiger partial charge in [-0.2, -0.15) is 0 Å². The summed E-state index contributed by atoms with van der Waals surface area (Å²) in [6, 6.07) is 0. The summed E-state index contributed by atoms with van der Waals surface area (Å²) in [4.78, 5) is 39.7. The Hall–Kier alpha value is -2.09. The number of hydrogen-bond donors (Lipinski definition) is 3. The van der Waals surface area contributed by atoms with Crippen molar-refractivity contribution in [3.8, 4) is 0 Å². The Morgan fingerprint density at radius 2 is 2.11 bits per heavy atom. The van der Waals surface area contributed by atoms with Gasteiger partial charge >= 0.3 is 11.7 Å². The molecule has 1 aromatic rings. The maximum atomic E-state index is 12.0. The van der Waals surface area contributed by atoms with Gasteiger partial charge < -0.3 is 24.7 Å². The first-order valence-electron chi connectivity index (χ1n) is 5.96. The van der Waals surface area contributed by atoms with Crippen LogP contribution in [0.25, 0.3) is 0 Å². The van der Waals surface area contributed by atoms with E-state index in [4.69, 9.17) is 9.84 Å². The summed E-state index contributed by atoms with van der Waals surface area (Å²) < 4.78 is 5.18. The molecule has 0 spiro atoms. The van der Waals surface area contributed by atoms with Crippen LogP contribution in [0.2, 0.25) is 0 Å². The topological polar surface area (TPSA) is 115 Å². The predicted molar refractivity (Wildman–Crippen MR) is 63.9 cm³/mol. The van der Waals surface area contributed by atoms with Gasteiger partial charge in [0.15, 0.2) is 0 Å². The van der Waals surface area contributed by atoms with Crippen LogP contribution in [-0.4, -0.2) is 57.7 Å². The van der Waals surface area contributed by atoms with E-state index in [9.17, 15) is 14.4 Å². The molecule has 1 aliphatic rings. The van der Waals surface area contributed by atoms with Crippen molar-refractivity contribution in [2.75, 3.05) is 19.7 Å². The molecule has 104 valence electrons. The van der Waals surface area contributed by atoms with E-state index in [1.165, 1.54) is 6.20 Å². The monoisotopic (exact) mass is 269 g/mol. The molecule has 0 aliphatic carbocycles. The Labute approximate surface area is 108 Å². The van der Waals surface area contributed by atoms with Crippen molar-refractivity contribution in [3.63, 3.8) is 0 Å². The van der Waals surface area contributed by atoms with Crippen LogP contribution in [0.1, 0.15) is 23.3 Å². The summed E-state index contributed by atoms with van der Waals surface area (Å²) in [7, 11) is 0. The number of piperidine rings is 1. The van der Waals surface area contributed by atoms with Crippen molar-refractivity contribution in [3.05, 3.63) is 22.4 Å². The number of aromatic amines is 2. The van der Waals surface area contributed by atoms with Gasteiger partial charge in [-0.3, -0.25) is 4.79 Å². The highest BCUT2D eigenvalue weighted by molar-refractivity contribution is 5.92. The van der Waals surface area contributed by atoms with E-state index in [-0.39, 0.29) is 24.3 Å². The number of nitrogens with zero attached hydrogens (tertiary/aromatic N) is 1. The lowest BCUT2D eigenvalue weighted by Crippen LogP contribution is -2.41. The minimum absolute atomic E-state index is 0.134. The average Bonchev–Trinajstić information content (AvgIpc) is 2.83. The zero-order valence-corrected chi connectivity index (χ0v) is 10.2. The molecular weight excluding hydrogens is 254 g/mol. The van der Waals surface area contributed by atoms with Crippen molar-refractivity contribution >= 4 is 11.9 Å². The number of carboxylic acid groups (broad SMARTS) is 1. The van der Waals surface area contributed by atoms with Gasteiger partial charge in [0.25, 0.3) is 5.91 Å². The minimum atomic E-state index is -0.997. The first kappa shape index (κ1) is 13.3. The lowest BCUT2D eigenvalue weighted by Gasteiger charge is -2.31. The first-order chi connectivity index (χ1) is 9.06. The van der Waals surface area contributed by atoms with E-state index in [0.29, 0.717) is 25.9 Å².